The van der Waals surface area contributed by atoms with Crippen molar-refractivity contribution in [1.29, 1.82) is 0 Å². The van der Waals surface area contributed by atoms with E-state index in [1.165, 1.54) is 0 Å². The molecule has 0 atom stereocenters. The van der Waals surface area contributed by atoms with Gasteiger partial charge in [0.25, 0.3) is 0 Å². The van der Waals surface area contributed by atoms with Gasteiger partial charge in [0.15, 0.2) is 0 Å². The molecule has 1 saturated heterocycles. The van der Waals surface area contributed by atoms with Gasteiger partial charge in [0.05, 0.1) is 0 Å². The number of halogens is 1. The predicted molar refractivity (Wildman–Crippen MR) is 82.7 cm³/mol. The lowest BCUT2D eigenvalue weighted by molar-refractivity contribution is -0.143. The van der Waals surface area contributed by atoms with Crippen LogP contribution in [0, 0.1) is 0 Å². The molecule has 1 aliphatic rings. The Kier molecular flexibility index (Phi) is 5.33. The minimum atomic E-state index is -0.971. The van der Waals surface area contributed by atoms with Crippen molar-refractivity contribution in [2.24, 2.45) is 0 Å². The molecule has 0 saturated carbocycles. The molecular weight excluding hydrogens is 322 g/mol. The highest BCUT2D eigenvalue weighted by Crippen LogP contribution is 2.12. The number of imide groups is 2. The quantitative estimate of drug-likeness (QED) is 0.614. The number of benzene rings is 1. The number of urea groups is 1. The predicted octanol–water partition coefficient (Wildman–Crippen LogP) is 0.809. The molecular formula is C15H16ClN3O4. The summed E-state index contributed by atoms with van der Waals surface area (Å²) in [7, 11) is 0. The number of nitrogens with one attached hydrogen (secondary N) is 1. The Balaban J connectivity index is 1.84. The monoisotopic (exact) mass is 337 g/mol. The van der Waals surface area contributed by atoms with Crippen LogP contribution in [0.15, 0.2) is 24.3 Å². The van der Waals surface area contributed by atoms with Crippen molar-refractivity contribution in [1.82, 2.24) is 15.1 Å². The lowest BCUT2D eigenvalue weighted by Gasteiger charge is -2.13. The maximum absolute atomic E-state index is 11.8. The average Bonchev–Trinajstić information content (AvgIpc) is 2.71. The molecule has 1 heterocycles. The van der Waals surface area contributed by atoms with Crippen molar-refractivity contribution >= 4 is 35.4 Å². The van der Waals surface area contributed by atoms with E-state index in [1.54, 1.807) is 19.1 Å². The molecule has 23 heavy (non-hydrogen) atoms. The van der Waals surface area contributed by atoms with Crippen LogP contribution in [-0.2, 0) is 20.8 Å². The summed E-state index contributed by atoms with van der Waals surface area (Å²) in [6.45, 7) is 1.55. The van der Waals surface area contributed by atoms with E-state index in [-0.39, 0.29) is 6.54 Å². The zero-order valence-corrected chi connectivity index (χ0v) is 13.3. The second kappa shape index (κ2) is 7.23. The summed E-state index contributed by atoms with van der Waals surface area (Å²) in [5, 5.41) is 3.22. The Morgan fingerprint density at radius 1 is 1.17 bits per heavy atom. The third kappa shape index (κ3) is 3.87. The van der Waals surface area contributed by atoms with Crippen molar-refractivity contribution in [3.63, 3.8) is 0 Å². The van der Waals surface area contributed by atoms with Crippen molar-refractivity contribution in [3.05, 3.63) is 34.9 Å². The molecule has 7 nitrogen and oxygen atoms in total. The number of amides is 5. The van der Waals surface area contributed by atoms with Crippen LogP contribution in [-0.4, -0.2) is 53.2 Å². The summed E-state index contributed by atoms with van der Waals surface area (Å²) in [4.78, 5) is 48.3. The van der Waals surface area contributed by atoms with E-state index in [2.05, 4.69) is 5.32 Å². The maximum Gasteiger partial charge on any atom is 0.334 e. The van der Waals surface area contributed by atoms with Crippen molar-refractivity contribution in [2.45, 2.75) is 13.3 Å². The van der Waals surface area contributed by atoms with Crippen LogP contribution in [0.5, 0.6) is 0 Å². The first-order valence-corrected chi connectivity index (χ1v) is 7.50. The molecule has 1 fully saturated rings. The van der Waals surface area contributed by atoms with Gasteiger partial charge in [0.2, 0.25) is 5.91 Å². The highest BCUT2D eigenvalue weighted by molar-refractivity contribution is 6.45. The molecule has 1 N–H and O–H groups in total. The minimum Gasteiger partial charge on any atom is -0.354 e. The van der Waals surface area contributed by atoms with E-state index in [1.807, 2.05) is 12.1 Å². The van der Waals surface area contributed by atoms with Gasteiger partial charge >= 0.3 is 17.8 Å². The summed E-state index contributed by atoms with van der Waals surface area (Å²) >= 11 is 5.87. The lowest BCUT2D eigenvalue weighted by atomic mass is 10.1. The van der Waals surface area contributed by atoms with Crippen LogP contribution < -0.4 is 5.32 Å². The molecule has 5 amide bonds. The number of likely N-dealkylation sites (N-methyl/N-ethyl adjacent to an activating group) is 1. The fourth-order valence-corrected chi connectivity index (χ4v) is 2.42. The maximum atomic E-state index is 11.8. The fraction of sp³-hybridized carbons (Fsp3) is 0.333. The van der Waals surface area contributed by atoms with Crippen LogP contribution in [0.4, 0.5) is 4.79 Å². The molecule has 2 rings (SSSR count). The first-order chi connectivity index (χ1) is 10.9. The van der Waals surface area contributed by atoms with Gasteiger partial charge in [-0.25, -0.2) is 9.69 Å². The van der Waals surface area contributed by atoms with Crippen LogP contribution >= 0.6 is 11.6 Å². The normalized spacial score (nSPS) is 14.6. The zero-order valence-electron chi connectivity index (χ0n) is 12.5. The summed E-state index contributed by atoms with van der Waals surface area (Å²) in [5.74, 6) is -2.37. The Morgan fingerprint density at radius 2 is 1.87 bits per heavy atom. The van der Waals surface area contributed by atoms with Gasteiger partial charge < -0.3 is 5.32 Å². The summed E-state index contributed by atoms with van der Waals surface area (Å²) in [6, 6.07) is 6.48. The third-order valence-corrected chi connectivity index (χ3v) is 3.61. The second-order valence-corrected chi connectivity index (χ2v) is 5.39. The number of nitrogens with zero attached hydrogens (tertiary/aromatic N) is 2. The summed E-state index contributed by atoms with van der Waals surface area (Å²) < 4.78 is 0. The second-order valence-electron chi connectivity index (χ2n) is 4.95. The van der Waals surface area contributed by atoms with E-state index in [0.717, 1.165) is 10.5 Å². The van der Waals surface area contributed by atoms with Gasteiger partial charge in [-0.05, 0) is 31.0 Å². The van der Waals surface area contributed by atoms with Crippen LogP contribution in [0.3, 0.4) is 0 Å². The first-order valence-electron chi connectivity index (χ1n) is 7.12. The standard InChI is InChI=1S/C15H16ClN3O4/c1-2-18-13(21)14(22)19(15(18)23)9-12(20)17-7-6-10-4-3-5-11(16)8-10/h3-5,8H,2,6-7,9H2,1H3,(H,17,20). The van der Waals surface area contributed by atoms with Crippen LogP contribution in [0.2, 0.25) is 5.02 Å². The van der Waals surface area contributed by atoms with E-state index in [9.17, 15) is 19.2 Å². The van der Waals surface area contributed by atoms with E-state index in [0.29, 0.717) is 22.9 Å². The Morgan fingerprint density at radius 3 is 2.48 bits per heavy atom. The lowest BCUT2D eigenvalue weighted by Crippen LogP contribution is -2.41. The molecule has 1 aromatic carbocycles. The average molecular weight is 338 g/mol. The summed E-state index contributed by atoms with van der Waals surface area (Å²) in [6.07, 6.45) is 0.564. The zero-order chi connectivity index (χ0) is 17.0. The highest BCUT2D eigenvalue weighted by atomic mass is 35.5. The van der Waals surface area contributed by atoms with Crippen LogP contribution in [0.25, 0.3) is 0 Å². The van der Waals surface area contributed by atoms with E-state index in [4.69, 9.17) is 11.6 Å². The molecule has 0 aliphatic carbocycles. The Hall–Kier alpha value is -2.41. The van der Waals surface area contributed by atoms with Gasteiger partial charge in [-0.2, -0.15) is 0 Å². The molecule has 1 aliphatic heterocycles. The molecule has 122 valence electrons. The smallest absolute Gasteiger partial charge is 0.334 e. The van der Waals surface area contributed by atoms with Gasteiger partial charge in [0, 0.05) is 18.1 Å². The number of carbonyl (C=O) groups is 4. The number of hydrogen-bond acceptors (Lipinski definition) is 4. The molecule has 0 spiro atoms. The molecule has 1 aromatic rings. The summed E-state index contributed by atoms with van der Waals surface area (Å²) in [5.41, 5.74) is 0.957. The van der Waals surface area contributed by atoms with Gasteiger partial charge in [-0.1, -0.05) is 23.7 Å². The fourth-order valence-electron chi connectivity index (χ4n) is 2.21. The molecule has 8 heteroatoms. The van der Waals surface area contributed by atoms with Gasteiger partial charge in [0.1, 0.15) is 6.54 Å². The van der Waals surface area contributed by atoms with Crippen molar-refractivity contribution < 1.29 is 19.2 Å². The minimum absolute atomic E-state index is 0.0935. The largest absolute Gasteiger partial charge is 0.354 e. The van der Waals surface area contributed by atoms with Gasteiger partial charge in [-0.3, -0.25) is 19.3 Å². The van der Waals surface area contributed by atoms with Crippen molar-refractivity contribution in [2.75, 3.05) is 19.6 Å². The van der Waals surface area contributed by atoms with Crippen LogP contribution in [0.1, 0.15) is 12.5 Å². The number of hydrogen-bond donors (Lipinski definition) is 1. The Bertz CT molecular complexity index is 662. The third-order valence-electron chi connectivity index (χ3n) is 3.38. The molecule has 0 unspecified atom stereocenters. The first kappa shape index (κ1) is 17.0. The van der Waals surface area contributed by atoms with E-state index >= 15 is 0 Å². The SMILES string of the molecule is CCN1C(=O)C(=O)N(CC(=O)NCCc2cccc(Cl)c2)C1=O. The van der Waals surface area contributed by atoms with Gasteiger partial charge in [-0.15, -0.1) is 0 Å². The molecule has 0 bridgehead atoms. The number of carbonyl (C=O) groups excluding carboxylic acids is 4. The number of rotatable bonds is 6. The van der Waals surface area contributed by atoms with Crippen molar-refractivity contribution in [3.8, 4) is 0 Å². The van der Waals surface area contributed by atoms with E-state index < -0.39 is 30.3 Å². The Labute approximate surface area is 138 Å². The molecule has 0 aromatic heterocycles. The topological polar surface area (TPSA) is 86.8 Å². The molecule has 0 radical (unpaired) electrons. The highest BCUT2D eigenvalue weighted by Gasteiger charge is 2.44.